The second-order valence-electron chi connectivity index (χ2n) is 10.3. The number of rotatable bonds is 8. The molecule has 2 aliphatic rings. The molecule has 0 N–H and O–H groups in total. The quantitative estimate of drug-likeness (QED) is 0.226. The maximum absolute atomic E-state index is 13.9. The molecule has 0 amide bonds. The molecule has 1 aliphatic heterocycles. The van der Waals surface area contributed by atoms with Gasteiger partial charge in [-0.3, -0.25) is 9.69 Å². The number of esters is 1. The zero-order valence-electron chi connectivity index (χ0n) is 22.1. The highest BCUT2D eigenvalue weighted by atomic mass is 19.4. The Balaban J connectivity index is 2.04. The Kier molecular flexibility index (Phi) is 10.1. The van der Waals surface area contributed by atoms with E-state index >= 15 is 0 Å². The number of benzene rings is 1. The Labute approximate surface area is 227 Å². The smallest absolute Gasteiger partial charge is 0.416 e. The van der Waals surface area contributed by atoms with E-state index in [1.165, 1.54) is 6.08 Å². The summed E-state index contributed by atoms with van der Waals surface area (Å²) in [5.74, 6) is -1.25. The minimum atomic E-state index is -4.91. The van der Waals surface area contributed by atoms with Crippen LogP contribution in [0, 0.1) is 11.8 Å². The van der Waals surface area contributed by atoms with Crippen LogP contribution in [0.5, 0.6) is 0 Å². The standard InChI is InChI=1S/C28H32F9NO2/c1-3-5-22-12-17(14-25(39)40-4-2)13-24(18-6-8-20(9-7-18)26(29,30)31)38(22)16-19-15-21(27(32,33)34)10-11-23(19)28(35,36)37/h6,8-11,15,17-18,22,24H,3-5,7,12-14,16H2,1-2H3/t17-,18?,22+,24-/m1/s1. The average Bonchev–Trinajstić information content (AvgIpc) is 2.84. The topological polar surface area (TPSA) is 29.5 Å². The summed E-state index contributed by atoms with van der Waals surface area (Å²) >= 11 is 0. The summed E-state index contributed by atoms with van der Waals surface area (Å²) in [5.41, 5.74) is -3.80. The number of alkyl halides is 9. The molecule has 0 spiro atoms. The summed E-state index contributed by atoms with van der Waals surface area (Å²) in [6, 6.07) is 0.315. The zero-order valence-corrected chi connectivity index (χ0v) is 22.1. The number of halogens is 9. The van der Waals surface area contributed by atoms with Crippen LogP contribution in [-0.4, -0.2) is 35.7 Å². The number of hydrogen-bond acceptors (Lipinski definition) is 3. The van der Waals surface area contributed by atoms with E-state index < -0.39 is 71.3 Å². The molecule has 0 radical (unpaired) electrons. The molecule has 1 heterocycles. The first kappa shape index (κ1) is 32.0. The van der Waals surface area contributed by atoms with Gasteiger partial charge < -0.3 is 4.74 Å². The van der Waals surface area contributed by atoms with E-state index in [0.717, 1.165) is 12.2 Å². The first-order valence-electron chi connectivity index (χ1n) is 13.2. The van der Waals surface area contributed by atoms with E-state index in [4.69, 9.17) is 4.74 Å². The fourth-order valence-corrected chi connectivity index (χ4v) is 5.78. The maximum atomic E-state index is 13.9. The Morgan fingerprint density at radius 1 is 0.975 bits per heavy atom. The van der Waals surface area contributed by atoms with E-state index in [9.17, 15) is 44.3 Å². The normalized spacial score (nSPS) is 24.6. The predicted molar refractivity (Wildman–Crippen MR) is 130 cm³/mol. The van der Waals surface area contributed by atoms with E-state index in [0.29, 0.717) is 37.5 Å². The summed E-state index contributed by atoms with van der Waals surface area (Å²) in [7, 11) is 0. The summed E-state index contributed by atoms with van der Waals surface area (Å²) in [6.45, 7) is 3.19. The summed E-state index contributed by atoms with van der Waals surface area (Å²) in [5, 5.41) is 0. The fourth-order valence-electron chi connectivity index (χ4n) is 5.78. The Hall–Kier alpha value is -2.50. The van der Waals surface area contributed by atoms with Gasteiger partial charge in [0.1, 0.15) is 0 Å². The van der Waals surface area contributed by atoms with Crippen molar-refractivity contribution in [3.8, 4) is 0 Å². The van der Waals surface area contributed by atoms with Gasteiger partial charge in [0.05, 0.1) is 23.3 Å². The predicted octanol–water partition coefficient (Wildman–Crippen LogP) is 8.49. The molecule has 4 atom stereocenters. The lowest BCUT2D eigenvalue weighted by Crippen LogP contribution is -2.52. The molecular weight excluding hydrogens is 553 g/mol. The molecule has 1 aromatic carbocycles. The number of allylic oxidation sites excluding steroid dienone is 3. The van der Waals surface area contributed by atoms with Gasteiger partial charge in [-0.25, -0.2) is 0 Å². The van der Waals surface area contributed by atoms with Gasteiger partial charge in [0, 0.05) is 25.0 Å². The van der Waals surface area contributed by atoms with Crippen molar-refractivity contribution < 1.29 is 49.0 Å². The fraction of sp³-hybridized carbons (Fsp3) is 0.607. The second kappa shape index (κ2) is 12.6. The van der Waals surface area contributed by atoms with Crippen molar-refractivity contribution in [3.05, 3.63) is 58.7 Å². The van der Waals surface area contributed by atoms with E-state index in [1.807, 2.05) is 6.92 Å². The molecule has 1 unspecified atom stereocenters. The number of hydrogen-bond donors (Lipinski definition) is 0. The second-order valence-corrected chi connectivity index (χ2v) is 10.3. The van der Waals surface area contributed by atoms with Gasteiger partial charge in [-0.1, -0.05) is 31.6 Å². The summed E-state index contributed by atoms with van der Waals surface area (Å²) < 4.78 is 127. The number of nitrogens with zero attached hydrogens (tertiary/aromatic N) is 1. The number of likely N-dealkylation sites (tertiary alicyclic amines) is 1. The molecule has 0 bridgehead atoms. The largest absolute Gasteiger partial charge is 0.466 e. The Bertz CT molecular complexity index is 1090. The molecule has 40 heavy (non-hydrogen) atoms. The van der Waals surface area contributed by atoms with Gasteiger partial charge >= 0.3 is 24.5 Å². The number of carbonyl (C=O) groups excluding carboxylic acids is 1. The molecular formula is C28H32F9NO2. The van der Waals surface area contributed by atoms with Crippen molar-refractivity contribution in [2.45, 2.75) is 89.5 Å². The third-order valence-electron chi connectivity index (χ3n) is 7.50. The Morgan fingerprint density at radius 2 is 1.68 bits per heavy atom. The third kappa shape index (κ3) is 8.04. The van der Waals surface area contributed by atoms with Crippen molar-refractivity contribution in [3.63, 3.8) is 0 Å². The van der Waals surface area contributed by atoms with Crippen molar-refractivity contribution in [2.75, 3.05) is 6.61 Å². The minimum Gasteiger partial charge on any atom is -0.466 e. The molecule has 3 nitrogen and oxygen atoms in total. The van der Waals surface area contributed by atoms with E-state index in [-0.39, 0.29) is 31.8 Å². The molecule has 0 saturated carbocycles. The molecule has 1 aromatic rings. The van der Waals surface area contributed by atoms with E-state index in [1.54, 1.807) is 11.8 Å². The van der Waals surface area contributed by atoms with Gasteiger partial charge in [0.15, 0.2) is 0 Å². The van der Waals surface area contributed by atoms with Crippen LogP contribution in [0.1, 0.15) is 69.1 Å². The highest BCUT2D eigenvalue weighted by molar-refractivity contribution is 5.69. The molecule has 0 aromatic heterocycles. The highest BCUT2D eigenvalue weighted by Crippen LogP contribution is 2.43. The van der Waals surface area contributed by atoms with Crippen LogP contribution in [0.25, 0.3) is 0 Å². The first-order chi connectivity index (χ1) is 18.5. The van der Waals surface area contributed by atoms with Crippen molar-refractivity contribution in [2.24, 2.45) is 11.8 Å². The molecule has 1 fully saturated rings. The molecule has 12 heteroatoms. The van der Waals surface area contributed by atoms with Gasteiger partial charge in [0.25, 0.3) is 0 Å². The van der Waals surface area contributed by atoms with Crippen LogP contribution >= 0.6 is 0 Å². The van der Waals surface area contributed by atoms with E-state index in [2.05, 4.69) is 0 Å². The van der Waals surface area contributed by atoms with Gasteiger partial charge in [-0.2, -0.15) is 39.5 Å². The number of piperidine rings is 1. The molecule has 1 aliphatic carbocycles. The van der Waals surface area contributed by atoms with Crippen LogP contribution < -0.4 is 0 Å². The van der Waals surface area contributed by atoms with Crippen LogP contribution in [0.15, 0.2) is 42.0 Å². The van der Waals surface area contributed by atoms with Crippen molar-refractivity contribution >= 4 is 5.97 Å². The SMILES string of the molecule is CCC[C@H]1C[C@@H](CC(=O)OCC)C[C@H](C2C=CC(C(F)(F)F)=CC2)N1Cc1cc(C(F)(F)F)ccc1C(F)(F)F. The number of carbonyl (C=O) groups is 1. The lowest BCUT2D eigenvalue weighted by atomic mass is 9.76. The van der Waals surface area contributed by atoms with Crippen LogP contribution in [0.4, 0.5) is 39.5 Å². The van der Waals surface area contributed by atoms with Gasteiger partial charge in [-0.15, -0.1) is 0 Å². The summed E-state index contributed by atoms with van der Waals surface area (Å²) in [4.78, 5) is 14.0. The highest BCUT2D eigenvalue weighted by Gasteiger charge is 2.43. The third-order valence-corrected chi connectivity index (χ3v) is 7.50. The maximum Gasteiger partial charge on any atom is 0.416 e. The lowest BCUT2D eigenvalue weighted by Gasteiger charge is -2.48. The van der Waals surface area contributed by atoms with Gasteiger partial charge in [0.2, 0.25) is 0 Å². The Morgan fingerprint density at radius 3 is 2.20 bits per heavy atom. The molecule has 3 rings (SSSR count). The van der Waals surface area contributed by atoms with Crippen LogP contribution in [0.3, 0.4) is 0 Å². The molecule has 224 valence electrons. The average molecular weight is 586 g/mol. The van der Waals surface area contributed by atoms with Crippen LogP contribution in [-0.2, 0) is 28.4 Å². The van der Waals surface area contributed by atoms with Gasteiger partial charge in [-0.05, 0) is 68.2 Å². The van der Waals surface area contributed by atoms with Crippen molar-refractivity contribution in [1.82, 2.24) is 4.90 Å². The molecule has 1 saturated heterocycles. The summed E-state index contributed by atoms with van der Waals surface area (Å²) in [6.07, 6.45) is -9.28. The van der Waals surface area contributed by atoms with Crippen LogP contribution in [0.2, 0.25) is 0 Å². The minimum absolute atomic E-state index is 0.0375. The lowest BCUT2D eigenvalue weighted by molar-refractivity contribution is -0.145. The zero-order chi connectivity index (χ0) is 29.9. The monoisotopic (exact) mass is 585 g/mol. The number of ether oxygens (including phenoxy) is 1. The van der Waals surface area contributed by atoms with Crippen molar-refractivity contribution in [1.29, 1.82) is 0 Å². The first-order valence-corrected chi connectivity index (χ1v) is 13.2.